The monoisotopic (exact) mass is 467 g/mol. The van der Waals surface area contributed by atoms with Crippen LogP contribution < -0.4 is 15.0 Å². The van der Waals surface area contributed by atoms with Gasteiger partial charge in [-0.3, -0.25) is 0 Å². The SMILES string of the molecule is Cc1cc(N2C[C@H]3CC[C@@H](C2)[C@@H]3Nc2nc3n(n2)CCC[C@H]3Oc2cc(F)cc(F)c2)cnn1. The number of rotatable bonds is 5. The van der Waals surface area contributed by atoms with Crippen LogP contribution in [0.2, 0.25) is 0 Å². The number of benzene rings is 1. The number of hydrogen-bond acceptors (Lipinski definition) is 7. The number of aromatic nitrogens is 5. The Morgan fingerprint density at radius 2 is 1.79 bits per heavy atom. The van der Waals surface area contributed by atoms with Crippen LogP contribution in [0.1, 0.15) is 43.3 Å². The van der Waals surface area contributed by atoms with Gasteiger partial charge in [0.15, 0.2) is 11.9 Å². The molecule has 2 aromatic heterocycles. The van der Waals surface area contributed by atoms with Crippen molar-refractivity contribution in [2.45, 2.75) is 51.3 Å². The van der Waals surface area contributed by atoms with E-state index in [0.29, 0.717) is 29.7 Å². The van der Waals surface area contributed by atoms with Crippen molar-refractivity contribution in [3.63, 3.8) is 0 Å². The molecule has 0 spiro atoms. The summed E-state index contributed by atoms with van der Waals surface area (Å²) in [6.45, 7) is 4.64. The normalized spacial score (nSPS) is 25.8. The maximum atomic E-state index is 13.6. The van der Waals surface area contributed by atoms with E-state index in [4.69, 9.17) is 14.8 Å². The molecular weight excluding hydrogens is 440 g/mol. The van der Waals surface area contributed by atoms with Crippen molar-refractivity contribution in [2.75, 3.05) is 23.3 Å². The maximum Gasteiger partial charge on any atom is 0.242 e. The number of piperidine rings is 1. The van der Waals surface area contributed by atoms with E-state index < -0.39 is 11.6 Å². The van der Waals surface area contributed by atoms with Gasteiger partial charge in [0.05, 0.1) is 17.6 Å². The smallest absolute Gasteiger partial charge is 0.242 e. The predicted molar refractivity (Wildman–Crippen MR) is 122 cm³/mol. The third-order valence-electron chi connectivity index (χ3n) is 7.20. The van der Waals surface area contributed by atoms with Crippen molar-refractivity contribution in [2.24, 2.45) is 11.8 Å². The van der Waals surface area contributed by atoms with Crippen molar-refractivity contribution in [1.82, 2.24) is 25.0 Å². The molecule has 1 saturated carbocycles. The zero-order chi connectivity index (χ0) is 23.2. The number of hydrogen-bond donors (Lipinski definition) is 1. The van der Waals surface area contributed by atoms with Crippen LogP contribution in [0.15, 0.2) is 30.5 Å². The Morgan fingerprint density at radius 1 is 1.03 bits per heavy atom. The fourth-order valence-electron chi connectivity index (χ4n) is 5.70. The fourth-order valence-corrected chi connectivity index (χ4v) is 5.70. The second kappa shape index (κ2) is 8.48. The molecular formula is C24H27F2N7O. The molecule has 0 amide bonds. The highest BCUT2D eigenvalue weighted by atomic mass is 19.1. The van der Waals surface area contributed by atoms with Crippen LogP contribution >= 0.6 is 0 Å². The molecule has 1 aromatic carbocycles. The summed E-state index contributed by atoms with van der Waals surface area (Å²) in [5.74, 6) is 1.14. The van der Waals surface area contributed by atoms with Gasteiger partial charge in [0.2, 0.25) is 5.95 Å². The minimum absolute atomic E-state index is 0.166. The molecule has 3 aromatic rings. The predicted octanol–water partition coefficient (Wildman–Crippen LogP) is 3.90. The van der Waals surface area contributed by atoms with Gasteiger partial charge >= 0.3 is 0 Å². The average Bonchev–Trinajstić information content (AvgIpc) is 3.30. The summed E-state index contributed by atoms with van der Waals surface area (Å²) >= 11 is 0. The maximum absolute atomic E-state index is 13.6. The van der Waals surface area contributed by atoms with Crippen molar-refractivity contribution in [3.05, 3.63) is 53.6 Å². The molecule has 34 heavy (non-hydrogen) atoms. The molecule has 1 N–H and O–H groups in total. The lowest BCUT2D eigenvalue weighted by Gasteiger charge is -2.39. The lowest BCUT2D eigenvalue weighted by Crippen LogP contribution is -2.48. The number of aryl methyl sites for hydroxylation is 2. The fraction of sp³-hybridized carbons (Fsp3) is 0.500. The molecule has 10 heteroatoms. The molecule has 2 fully saturated rings. The standard InChI is InChI=1S/C24H27F2N7O/c1-14-7-19(11-27-30-14)32-12-15-4-5-16(13-32)22(15)28-24-29-23-21(3-2-6-33(23)31-24)34-20-9-17(25)8-18(26)10-20/h7-11,15-16,21-22H,2-6,12-13H2,1H3,(H,28,31)/t15-,16+,21-,22-/m1/s1. The van der Waals surface area contributed by atoms with Crippen molar-refractivity contribution in [1.29, 1.82) is 0 Å². The van der Waals surface area contributed by atoms with Crippen molar-refractivity contribution < 1.29 is 13.5 Å². The van der Waals surface area contributed by atoms with E-state index in [2.05, 4.69) is 26.5 Å². The second-order valence-electron chi connectivity index (χ2n) is 9.60. The molecule has 0 unspecified atom stereocenters. The van der Waals surface area contributed by atoms with Gasteiger partial charge in [-0.15, -0.1) is 5.10 Å². The van der Waals surface area contributed by atoms with Gasteiger partial charge in [0.1, 0.15) is 17.4 Å². The molecule has 3 aliphatic rings. The molecule has 1 saturated heterocycles. The number of ether oxygens (including phenoxy) is 1. The molecule has 4 heterocycles. The first-order valence-electron chi connectivity index (χ1n) is 11.9. The highest BCUT2D eigenvalue weighted by Gasteiger charge is 2.43. The number of nitrogens with one attached hydrogen (secondary N) is 1. The van der Waals surface area contributed by atoms with Crippen LogP contribution in [-0.4, -0.2) is 44.1 Å². The summed E-state index contributed by atoms with van der Waals surface area (Å²) in [5, 5.41) is 16.5. The Hall–Kier alpha value is -3.30. The van der Waals surface area contributed by atoms with E-state index in [9.17, 15) is 8.78 Å². The van der Waals surface area contributed by atoms with Gasteiger partial charge in [-0.1, -0.05) is 0 Å². The number of nitrogens with zero attached hydrogens (tertiary/aromatic N) is 6. The quantitative estimate of drug-likeness (QED) is 0.610. The number of halogens is 2. The van der Waals surface area contributed by atoms with Crippen LogP contribution in [0.4, 0.5) is 20.4 Å². The van der Waals surface area contributed by atoms with Crippen LogP contribution in [0.5, 0.6) is 5.75 Å². The Balaban J connectivity index is 1.17. The van der Waals surface area contributed by atoms with E-state index in [0.717, 1.165) is 49.9 Å². The lowest BCUT2D eigenvalue weighted by molar-refractivity contribution is 0.154. The topological polar surface area (TPSA) is 81.0 Å². The minimum Gasteiger partial charge on any atom is -0.482 e. The zero-order valence-corrected chi connectivity index (χ0v) is 19.0. The molecule has 6 rings (SSSR count). The Morgan fingerprint density at radius 3 is 2.53 bits per heavy atom. The summed E-state index contributed by atoms with van der Waals surface area (Å²) in [5.41, 5.74) is 2.06. The molecule has 2 bridgehead atoms. The van der Waals surface area contributed by atoms with Gasteiger partial charge in [-0.05, 0) is 50.5 Å². The Kier molecular flexibility index (Phi) is 5.30. The van der Waals surface area contributed by atoms with Gasteiger partial charge in [0.25, 0.3) is 0 Å². The first kappa shape index (κ1) is 21.2. The largest absolute Gasteiger partial charge is 0.482 e. The van der Waals surface area contributed by atoms with Crippen LogP contribution in [0, 0.1) is 30.4 Å². The van der Waals surface area contributed by atoms with Crippen molar-refractivity contribution >= 4 is 11.6 Å². The average molecular weight is 468 g/mol. The molecule has 178 valence electrons. The van der Waals surface area contributed by atoms with E-state index in [1.165, 1.54) is 25.0 Å². The third-order valence-corrected chi connectivity index (χ3v) is 7.20. The minimum atomic E-state index is -0.658. The Labute approximate surface area is 196 Å². The molecule has 2 aliphatic heterocycles. The van der Waals surface area contributed by atoms with E-state index >= 15 is 0 Å². The lowest BCUT2D eigenvalue weighted by atomic mass is 9.92. The number of anilines is 2. The van der Waals surface area contributed by atoms with E-state index in [1.54, 1.807) is 0 Å². The van der Waals surface area contributed by atoms with Gasteiger partial charge in [-0.25, -0.2) is 13.5 Å². The van der Waals surface area contributed by atoms with Crippen molar-refractivity contribution in [3.8, 4) is 5.75 Å². The Bertz CT molecular complexity index is 1170. The molecule has 0 radical (unpaired) electrons. The third kappa shape index (κ3) is 4.05. The second-order valence-corrected chi connectivity index (χ2v) is 9.60. The summed E-state index contributed by atoms with van der Waals surface area (Å²) in [6.07, 6.45) is 5.37. The van der Waals surface area contributed by atoms with Gasteiger partial charge in [-0.2, -0.15) is 15.2 Å². The van der Waals surface area contributed by atoms with E-state index in [1.807, 2.05) is 17.8 Å². The molecule has 4 atom stereocenters. The molecule has 1 aliphatic carbocycles. The molecule has 8 nitrogen and oxygen atoms in total. The van der Waals surface area contributed by atoms with Crippen LogP contribution in [0.3, 0.4) is 0 Å². The van der Waals surface area contributed by atoms with Crippen LogP contribution in [0.25, 0.3) is 0 Å². The van der Waals surface area contributed by atoms with E-state index in [-0.39, 0.29) is 11.9 Å². The summed E-state index contributed by atoms with van der Waals surface area (Å²) in [4.78, 5) is 7.16. The van der Waals surface area contributed by atoms with Gasteiger partial charge < -0.3 is 15.0 Å². The summed E-state index contributed by atoms with van der Waals surface area (Å²) in [6, 6.07) is 5.64. The highest BCUT2D eigenvalue weighted by Crippen LogP contribution is 2.40. The van der Waals surface area contributed by atoms with Crippen LogP contribution in [-0.2, 0) is 6.54 Å². The summed E-state index contributed by atoms with van der Waals surface area (Å²) in [7, 11) is 0. The first-order valence-corrected chi connectivity index (χ1v) is 11.9. The zero-order valence-electron chi connectivity index (χ0n) is 19.0. The summed E-state index contributed by atoms with van der Waals surface area (Å²) < 4.78 is 35.0. The number of fused-ring (bicyclic) bond motifs is 3. The van der Waals surface area contributed by atoms with Gasteiger partial charge in [0, 0.05) is 43.9 Å². The highest BCUT2D eigenvalue weighted by molar-refractivity contribution is 5.46. The first-order chi connectivity index (χ1) is 16.5.